The van der Waals surface area contributed by atoms with Crippen LogP contribution in [-0.2, 0) is 46.4 Å². The number of ether oxygens (including phenoxy) is 2. The third-order valence-electron chi connectivity index (χ3n) is 7.24. The molecule has 0 aliphatic carbocycles. The standard InChI is InChI=1S/C30H46O2/c1-9-25-19-23(13-15-27(25)29(5,6)11-3)21-31-17-18-32-22-24-14-16-28(26(10-2)20-24)30(7,8)12-4/h13-16,19-20H,9-12,17-18,21-22H2,1-8H3. The van der Waals surface area contributed by atoms with Crippen LogP contribution in [-0.4, -0.2) is 13.2 Å². The van der Waals surface area contributed by atoms with E-state index < -0.39 is 0 Å². The molecule has 0 fully saturated rings. The molecule has 2 nitrogen and oxygen atoms in total. The molecule has 2 aromatic carbocycles. The highest BCUT2D eigenvalue weighted by Gasteiger charge is 2.22. The summed E-state index contributed by atoms with van der Waals surface area (Å²) in [5.41, 5.74) is 8.76. The predicted octanol–water partition coefficient (Wildman–Crippen LogP) is 7.92. The number of aryl methyl sites for hydroxylation is 2. The summed E-state index contributed by atoms with van der Waals surface area (Å²) < 4.78 is 11.8. The second-order valence-electron chi connectivity index (χ2n) is 10.3. The van der Waals surface area contributed by atoms with Gasteiger partial charge in [-0.1, -0.05) is 91.8 Å². The van der Waals surface area contributed by atoms with Crippen molar-refractivity contribution in [1.29, 1.82) is 0 Å². The number of hydrogen-bond donors (Lipinski definition) is 0. The smallest absolute Gasteiger partial charge is 0.0718 e. The molecule has 0 unspecified atom stereocenters. The quantitative estimate of drug-likeness (QED) is 0.296. The minimum atomic E-state index is 0.223. The van der Waals surface area contributed by atoms with Crippen molar-refractivity contribution in [3.63, 3.8) is 0 Å². The van der Waals surface area contributed by atoms with Gasteiger partial charge in [0.25, 0.3) is 0 Å². The molecule has 0 radical (unpaired) electrons. The first-order valence-corrected chi connectivity index (χ1v) is 12.6. The van der Waals surface area contributed by atoms with Gasteiger partial charge in [-0.25, -0.2) is 0 Å². The second-order valence-corrected chi connectivity index (χ2v) is 10.3. The summed E-state index contributed by atoms with van der Waals surface area (Å²) in [6, 6.07) is 13.7. The summed E-state index contributed by atoms with van der Waals surface area (Å²) in [5, 5.41) is 0. The van der Waals surface area contributed by atoms with Crippen molar-refractivity contribution in [1.82, 2.24) is 0 Å². The highest BCUT2D eigenvalue weighted by atomic mass is 16.5. The maximum absolute atomic E-state index is 5.91. The average molecular weight is 439 g/mol. The van der Waals surface area contributed by atoms with Crippen molar-refractivity contribution < 1.29 is 9.47 Å². The summed E-state index contributed by atoms with van der Waals surface area (Å²) in [6.45, 7) is 20.8. The van der Waals surface area contributed by atoms with Crippen LogP contribution in [0, 0.1) is 0 Å². The van der Waals surface area contributed by atoms with Gasteiger partial charge >= 0.3 is 0 Å². The molecular weight excluding hydrogens is 392 g/mol. The Morgan fingerprint density at radius 1 is 0.594 bits per heavy atom. The molecule has 0 aliphatic rings. The fourth-order valence-electron chi connectivity index (χ4n) is 4.26. The highest BCUT2D eigenvalue weighted by Crippen LogP contribution is 2.31. The Morgan fingerprint density at radius 2 is 0.969 bits per heavy atom. The monoisotopic (exact) mass is 438 g/mol. The molecule has 0 saturated heterocycles. The van der Waals surface area contributed by atoms with Gasteiger partial charge in [0.2, 0.25) is 0 Å². The Balaban J connectivity index is 1.83. The largest absolute Gasteiger partial charge is 0.374 e. The van der Waals surface area contributed by atoms with Gasteiger partial charge in [-0.3, -0.25) is 0 Å². The molecule has 0 bridgehead atoms. The summed E-state index contributed by atoms with van der Waals surface area (Å²) in [4.78, 5) is 0. The van der Waals surface area contributed by atoms with E-state index in [0.717, 1.165) is 25.7 Å². The Labute approximate surface area is 197 Å². The van der Waals surface area contributed by atoms with Crippen LogP contribution in [0.5, 0.6) is 0 Å². The van der Waals surface area contributed by atoms with E-state index in [-0.39, 0.29) is 10.8 Å². The summed E-state index contributed by atoms with van der Waals surface area (Å²) >= 11 is 0. The van der Waals surface area contributed by atoms with Crippen molar-refractivity contribution >= 4 is 0 Å². The fraction of sp³-hybridized carbons (Fsp3) is 0.600. The zero-order chi connectivity index (χ0) is 23.8. The molecule has 0 amide bonds. The van der Waals surface area contributed by atoms with Crippen LogP contribution >= 0.6 is 0 Å². The molecule has 178 valence electrons. The minimum absolute atomic E-state index is 0.223. The topological polar surface area (TPSA) is 18.5 Å². The van der Waals surface area contributed by atoms with E-state index in [0.29, 0.717) is 26.4 Å². The van der Waals surface area contributed by atoms with E-state index in [1.165, 1.54) is 33.4 Å². The lowest BCUT2D eigenvalue weighted by atomic mass is 9.78. The molecule has 2 heteroatoms. The summed E-state index contributed by atoms with van der Waals surface area (Å²) in [5.74, 6) is 0. The van der Waals surface area contributed by atoms with E-state index in [1.807, 2.05) is 0 Å². The van der Waals surface area contributed by atoms with Crippen molar-refractivity contribution in [2.45, 2.75) is 105 Å². The van der Waals surface area contributed by atoms with Gasteiger partial charge < -0.3 is 9.47 Å². The van der Waals surface area contributed by atoms with Crippen LogP contribution in [0.4, 0.5) is 0 Å². The fourth-order valence-corrected chi connectivity index (χ4v) is 4.26. The Morgan fingerprint density at radius 3 is 1.28 bits per heavy atom. The summed E-state index contributed by atoms with van der Waals surface area (Å²) in [7, 11) is 0. The predicted molar refractivity (Wildman–Crippen MR) is 138 cm³/mol. The third-order valence-corrected chi connectivity index (χ3v) is 7.24. The van der Waals surface area contributed by atoms with Gasteiger partial charge in [0.15, 0.2) is 0 Å². The maximum atomic E-state index is 5.91. The van der Waals surface area contributed by atoms with Crippen LogP contribution in [0.1, 0.15) is 102 Å². The average Bonchev–Trinajstić information content (AvgIpc) is 2.80. The number of rotatable bonds is 13. The number of hydrogen-bond acceptors (Lipinski definition) is 2. The molecule has 0 aromatic heterocycles. The molecule has 32 heavy (non-hydrogen) atoms. The first-order valence-electron chi connectivity index (χ1n) is 12.6. The van der Waals surface area contributed by atoms with Crippen LogP contribution in [0.15, 0.2) is 36.4 Å². The van der Waals surface area contributed by atoms with Crippen molar-refractivity contribution in [3.05, 3.63) is 69.8 Å². The minimum Gasteiger partial charge on any atom is -0.374 e. The van der Waals surface area contributed by atoms with Gasteiger partial charge in [-0.15, -0.1) is 0 Å². The van der Waals surface area contributed by atoms with Gasteiger partial charge in [0, 0.05) is 0 Å². The third kappa shape index (κ3) is 6.93. The lowest BCUT2D eigenvalue weighted by Crippen LogP contribution is -2.18. The molecule has 2 aromatic rings. The zero-order valence-corrected chi connectivity index (χ0v) is 21.9. The lowest BCUT2D eigenvalue weighted by Gasteiger charge is -2.27. The van der Waals surface area contributed by atoms with Crippen LogP contribution in [0.2, 0.25) is 0 Å². The molecule has 0 spiro atoms. The second kappa shape index (κ2) is 12.0. The molecule has 2 rings (SSSR count). The molecular formula is C30H46O2. The van der Waals surface area contributed by atoms with E-state index in [4.69, 9.17) is 9.47 Å². The van der Waals surface area contributed by atoms with Crippen LogP contribution in [0.25, 0.3) is 0 Å². The Kier molecular flexibility index (Phi) is 9.98. The lowest BCUT2D eigenvalue weighted by molar-refractivity contribution is 0.0338. The van der Waals surface area contributed by atoms with E-state index in [2.05, 4.69) is 91.8 Å². The van der Waals surface area contributed by atoms with Gasteiger partial charge in [0.05, 0.1) is 26.4 Å². The molecule has 0 saturated carbocycles. The number of benzene rings is 2. The normalized spacial score (nSPS) is 12.4. The Bertz CT molecular complexity index is 776. The maximum Gasteiger partial charge on any atom is 0.0718 e. The van der Waals surface area contributed by atoms with Crippen LogP contribution in [0.3, 0.4) is 0 Å². The van der Waals surface area contributed by atoms with Crippen molar-refractivity contribution in [2.24, 2.45) is 0 Å². The molecule has 0 heterocycles. The SMILES string of the molecule is CCc1cc(COCCOCc2ccc(C(C)(C)CC)c(CC)c2)ccc1C(C)(C)CC. The summed E-state index contributed by atoms with van der Waals surface area (Å²) in [6.07, 6.45) is 4.41. The first-order chi connectivity index (χ1) is 15.2. The molecule has 0 atom stereocenters. The molecule has 0 N–H and O–H groups in total. The molecule has 0 aliphatic heterocycles. The van der Waals surface area contributed by atoms with E-state index in [1.54, 1.807) is 0 Å². The van der Waals surface area contributed by atoms with Gasteiger partial charge in [-0.05, 0) is 69.9 Å². The van der Waals surface area contributed by atoms with Crippen molar-refractivity contribution in [3.8, 4) is 0 Å². The van der Waals surface area contributed by atoms with E-state index >= 15 is 0 Å². The van der Waals surface area contributed by atoms with Crippen molar-refractivity contribution in [2.75, 3.05) is 13.2 Å². The van der Waals surface area contributed by atoms with Gasteiger partial charge in [-0.2, -0.15) is 0 Å². The highest BCUT2D eigenvalue weighted by molar-refractivity contribution is 5.37. The van der Waals surface area contributed by atoms with Crippen LogP contribution < -0.4 is 0 Å². The van der Waals surface area contributed by atoms with Gasteiger partial charge in [0.1, 0.15) is 0 Å². The first kappa shape index (κ1) is 26.6. The van der Waals surface area contributed by atoms with E-state index in [9.17, 15) is 0 Å². The Hall–Kier alpha value is -1.64. The zero-order valence-electron chi connectivity index (χ0n) is 21.9.